The van der Waals surface area contributed by atoms with E-state index in [1.165, 1.54) is 7.11 Å². The standard InChI is InChI=1S/C23H25NO4S/c1-16-8-10-19(11-9-16)29(26,27)24-13-12-20-18(15-24)14-21(22(20)23(25)28-2)17-6-4-3-5-7-17/h3-11,14,18,20,22H,12-13,15H2,1-2H3/t18-,20+,22?/m1/s1. The number of fused-ring (bicyclic) bond motifs is 1. The summed E-state index contributed by atoms with van der Waals surface area (Å²) in [6.07, 6.45) is 2.71. The largest absolute Gasteiger partial charge is 0.469 e. The van der Waals surface area contributed by atoms with Crippen LogP contribution in [0.25, 0.3) is 5.57 Å². The summed E-state index contributed by atoms with van der Waals surface area (Å²) in [6, 6.07) is 16.8. The normalized spacial score (nSPS) is 24.6. The summed E-state index contributed by atoms with van der Waals surface area (Å²) in [4.78, 5) is 12.9. The lowest BCUT2D eigenvalue weighted by Crippen LogP contribution is -2.44. The Kier molecular flexibility index (Phi) is 5.32. The summed E-state index contributed by atoms with van der Waals surface area (Å²) in [5.74, 6) is -0.551. The lowest BCUT2D eigenvalue weighted by atomic mass is 9.80. The van der Waals surface area contributed by atoms with Gasteiger partial charge in [0.25, 0.3) is 0 Å². The van der Waals surface area contributed by atoms with Gasteiger partial charge in [-0.15, -0.1) is 0 Å². The van der Waals surface area contributed by atoms with Gasteiger partial charge in [-0.05, 0) is 48.4 Å². The molecule has 2 aromatic carbocycles. The molecule has 0 saturated carbocycles. The van der Waals surface area contributed by atoms with Crippen LogP contribution in [-0.4, -0.2) is 38.9 Å². The van der Waals surface area contributed by atoms with Gasteiger partial charge in [0, 0.05) is 13.1 Å². The molecule has 0 bridgehead atoms. The van der Waals surface area contributed by atoms with Gasteiger partial charge in [0.05, 0.1) is 17.9 Å². The highest BCUT2D eigenvalue weighted by Gasteiger charge is 2.46. The Labute approximate surface area is 172 Å². The van der Waals surface area contributed by atoms with Gasteiger partial charge in [0.2, 0.25) is 10.0 Å². The minimum absolute atomic E-state index is 0.0109. The summed E-state index contributed by atoms with van der Waals surface area (Å²) in [5.41, 5.74) is 2.96. The summed E-state index contributed by atoms with van der Waals surface area (Å²) >= 11 is 0. The number of aryl methyl sites for hydroxylation is 1. The van der Waals surface area contributed by atoms with E-state index in [2.05, 4.69) is 6.08 Å². The van der Waals surface area contributed by atoms with E-state index in [1.807, 2.05) is 49.4 Å². The molecule has 0 spiro atoms. The second-order valence-electron chi connectivity index (χ2n) is 7.78. The first-order valence-electron chi connectivity index (χ1n) is 9.83. The maximum Gasteiger partial charge on any atom is 0.313 e. The lowest BCUT2D eigenvalue weighted by Gasteiger charge is -2.35. The molecule has 1 aliphatic carbocycles. The molecular formula is C23H25NO4S. The number of hydrogen-bond donors (Lipinski definition) is 0. The number of esters is 1. The van der Waals surface area contributed by atoms with Crippen molar-refractivity contribution in [3.05, 3.63) is 71.8 Å². The van der Waals surface area contributed by atoms with Gasteiger partial charge in [-0.25, -0.2) is 8.42 Å². The molecule has 3 atom stereocenters. The van der Waals surface area contributed by atoms with Crippen molar-refractivity contribution in [1.29, 1.82) is 0 Å². The molecule has 1 unspecified atom stereocenters. The van der Waals surface area contributed by atoms with E-state index in [-0.39, 0.29) is 23.7 Å². The van der Waals surface area contributed by atoms with Crippen molar-refractivity contribution in [3.8, 4) is 0 Å². The molecule has 2 aliphatic rings. The molecule has 29 heavy (non-hydrogen) atoms. The maximum absolute atomic E-state index is 13.1. The molecule has 0 aromatic heterocycles. The first kappa shape index (κ1) is 19.9. The number of nitrogens with zero attached hydrogens (tertiary/aromatic N) is 1. The van der Waals surface area contributed by atoms with Gasteiger partial charge in [-0.1, -0.05) is 54.1 Å². The minimum Gasteiger partial charge on any atom is -0.469 e. The molecule has 5 nitrogen and oxygen atoms in total. The molecule has 0 N–H and O–H groups in total. The average Bonchev–Trinajstić information content (AvgIpc) is 3.13. The first-order valence-corrected chi connectivity index (χ1v) is 11.3. The topological polar surface area (TPSA) is 63.7 Å². The van der Waals surface area contributed by atoms with Crippen molar-refractivity contribution in [2.24, 2.45) is 17.8 Å². The van der Waals surface area contributed by atoms with Crippen LogP contribution in [0, 0.1) is 24.7 Å². The number of rotatable bonds is 4. The van der Waals surface area contributed by atoms with Crippen LogP contribution >= 0.6 is 0 Å². The fourth-order valence-corrected chi connectivity index (χ4v) is 6.03. The highest BCUT2D eigenvalue weighted by Crippen LogP contribution is 2.46. The third kappa shape index (κ3) is 3.63. The lowest BCUT2D eigenvalue weighted by molar-refractivity contribution is -0.145. The quantitative estimate of drug-likeness (QED) is 0.723. The molecule has 1 fully saturated rings. The highest BCUT2D eigenvalue weighted by atomic mass is 32.2. The van der Waals surface area contributed by atoms with E-state index in [4.69, 9.17) is 4.74 Å². The molecule has 1 aliphatic heterocycles. The van der Waals surface area contributed by atoms with E-state index in [9.17, 15) is 13.2 Å². The third-order valence-corrected chi connectivity index (χ3v) is 7.93. The van der Waals surface area contributed by atoms with Gasteiger partial charge in [-0.3, -0.25) is 4.79 Å². The molecular weight excluding hydrogens is 386 g/mol. The van der Waals surface area contributed by atoms with Crippen molar-refractivity contribution >= 4 is 21.6 Å². The Bertz CT molecular complexity index is 1030. The van der Waals surface area contributed by atoms with Crippen molar-refractivity contribution in [3.63, 3.8) is 0 Å². The molecule has 0 radical (unpaired) electrons. The van der Waals surface area contributed by atoms with Crippen molar-refractivity contribution in [2.75, 3.05) is 20.2 Å². The molecule has 2 aromatic rings. The Morgan fingerprint density at radius 2 is 1.76 bits per heavy atom. The van der Waals surface area contributed by atoms with Crippen LogP contribution in [0.4, 0.5) is 0 Å². The summed E-state index contributed by atoms with van der Waals surface area (Å²) < 4.78 is 32.9. The van der Waals surface area contributed by atoms with Crippen LogP contribution in [0.1, 0.15) is 17.5 Å². The highest BCUT2D eigenvalue weighted by molar-refractivity contribution is 7.89. The fraction of sp³-hybridized carbons (Fsp3) is 0.348. The van der Waals surface area contributed by atoms with E-state index < -0.39 is 10.0 Å². The predicted octanol–water partition coefficient (Wildman–Crippen LogP) is 3.51. The van der Waals surface area contributed by atoms with Gasteiger partial charge in [0.1, 0.15) is 0 Å². The number of ether oxygens (including phenoxy) is 1. The molecule has 4 rings (SSSR count). The van der Waals surface area contributed by atoms with E-state index in [0.29, 0.717) is 24.4 Å². The zero-order valence-electron chi connectivity index (χ0n) is 16.6. The number of carbonyl (C=O) groups excluding carboxylic acids is 1. The van der Waals surface area contributed by atoms with E-state index in [1.54, 1.807) is 16.4 Å². The Hall–Kier alpha value is -2.44. The Morgan fingerprint density at radius 1 is 1.07 bits per heavy atom. The summed E-state index contributed by atoms with van der Waals surface area (Å²) in [6.45, 7) is 2.72. The second-order valence-corrected chi connectivity index (χ2v) is 9.72. The molecule has 1 heterocycles. The first-order chi connectivity index (χ1) is 13.9. The number of sulfonamides is 1. The SMILES string of the molecule is COC(=O)C1C(c2ccccc2)=C[C@@H]2CN(S(=O)(=O)c3ccc(C)cc3)CC[C@H]12. The molecule has 0 amide bonds. The number of benzene rings is 2. The van der Waals surface area contributed by atoms with Crippen LogP contribution in [0.2, 0.25) is 0 Å². The monoisotopic (exact) mass is 411 g/mol. The number of methoxy groups -OCH3 is 1. The van der Waals surface area contributed by atoms with Gasteiger partial charge >= 0.3 is 5.97 Å². The number of hydrogen-bond acceptors (Lipinski definition) is 4. The second kappa shape index (κ2) is 7.76. The molecule has 152 valence electrons. The van der Waals surface area contributed by atoms with E-state index in [0.717, 1.165) is 16.7 Å². The number of carbonyl (C=O) groups is 1. The van der Waals surface area contributed by atoms with Crippen molar-refractivity contribution < 1.29 is 17.9 Å². The predicted molar refractivity (Wildman–Crippen MR) is 111 cm³/mol. The molecule has 6 heteroatoms. The van der Waals surface area contributed by atoms with Crippen molar-refractivity contribution in [2.45, 2.75) is 18.2 Å². The number of piperidine rings is 1. The smallest absolute Gasteiger partial charge is 0.313 e. The molecule has 1 saturated heterocycles. The Balaban J connectivity index is 1.64. The summed E-state index contributed by atoms with van der Waals surface area (Å²) in [7, 11) is -2.14. The summed E-state index contributed by atoms with van der Waals surface area (Å²) in [5, 5.41) is 0. The van der Waals surface area contributed by atoms with Crippen LogP contribution in [-0.2, 0) is 19.6 Å². The van der Waals surface area contributed by atoms with Crippen LogP contribution < -0.4 is 0 Å². The van der Waals surface area contributed by atoms with Gasteiger partial charge in [0.15, 0.2) is 0 Å². The Morgan fingerprint density at radius 3 is 2.41 bits per heavy atom. The average molecular weight is 412 g/mol. The van der Waals surface area contributed by atoms with E-state index >= 15 is 0 Å². The van der Waals surface area contributed by atoms with Gasteiger partial charge in [-0.2, -0.15) is 4.31 Å². The third-order valence-electron chi connectivity index (χ3n) is 6.05. The van der Waals surface area contributed by atoms with Crippen LogP contribution in [0.5, 0.6) is 0 Å². The zero-order valence-corrected chi connectivity index (χ0v) is 17.4. The zero-order chi connectivity index (χ0) is 20.6. The van der Waals surface area contributed by atoms with Crippen molar-refractivity contribution in [1.82, 2.24) is 4.31 Å². The van der Waals surface area contributed by atoms with Gasteiger partial charge < -0.3 is 4.74 Å². The fourth-order valence-electron chi connectivity index (χ4n) is 4.54. The van der Waals surface area contributed by atoms with Crippen LogP contribution in [0.15, 0.2) is 65.6 Å². The van der Waals surface area contributed by atoms with Crippen LogP contribution in [0.3, 0.4) is 0 Å². The minimum atomic E-state index is -3.55. The maximum atomic E-state index is 13.1.